The van der Waals surface area contributed by atoms with Gasteiger partial charge >= 0.3 is 0 Å². The molecule has 68 valence electrons. The van der Waals surface area contributed by atoms with Crippen molar-refractivity contribution in [2.24, 2.45) is 0 Å². The largest absolute Gasteiger partial charge is 0.398 e. The molecule has 5 nitrogen and oxygen atoms in total. The van der Waals surface area contributed by atoms with Crippen LogP contribution in [0.25, 0.3) is 0 Å². The van der Waals surface area contributed by atoms with Gasteiger partial charge in [-0.05, 0) is 6.07 Å². The highest BCUT2D eigenvalue weighted by Crippen LogP contribution is 2.24. The number of nitrogen functional groups attached to an aromatic ring is 1. The van der Waals surface area contributed by atoms with E-state index in [9.17, 15) is 14.5 Å². The Hall–Kier alpha value is -1.98. The van der Waals surface area contributed by atoms with Crippen LogP contribution in [-0.4, -0.2) is 10.9 Å². The van der Waals surface area contributed by atoms with Crippen LogP contribution in [0.4, 0.5) is 15.8 Å². The van der Waals surface area contributed by atoms with Crippen molar-refractivity contribution in [3.63, 3.8) is 0 Å². The van der Waals surface area contributed by atoms with Gasteiger partial charge in [0.2, 0.25) is 5.97 Å². The quantitative estimate of drug-likeness (QED) is 0.314. The fraction of sp³-hybridized carbons (Fsp3) is 0. The number of nitro groups is 1. The molecule has 0 bridgehead atoms. The van der Waals surface area contributed by atoms with Crippen LogP contribution in [-0.2, 0) is 0 Å². The molecule has 0 aliphatic heterocycles. The van der Waals surface area contributed by atoms with Gasteiger partial charge in [-0.25, -0.2) is 0 Å². The average molecular weight is 183 g/mol. The first-order valence-corrected chi connectivity index (χ1v) is 3.31. The molecule has 1 aromatic carbocycles. The second kappa shape index (κ2) is 3.18. The highest BCUT2D eigenvalue weighted by molar-refractivity contribution is 6.00. The summed E-state index contributed by atoms with van der Waals surface area (Å²) in [4.78, 5) is 9.59. The van der Waals surface area contributed by atoms with E-state index in [-0.39, 0.29) is 5.69 Å². The summed E-state index contributed by atoms with van der Waals surface area (Å²) in [6.45, 7) is 0. The van der Waals surface area contributed by atoms with Crippen molar-refractivity contribution in [3.05, 3.63) is 33.9 Å². The fourth-order valence-electron chi connectivity index (χ4n) is 0.949. The number of halogens is 1. The number of nitrogens with zero attached hydrogens (tertiary/aromatic N) is 1. The van der Waals surface area contributed by atoms with Crippen LogP contribution in [0.15, 0.2) is 18.2 Å². The number of nitro benzene ring substituents is 1. The van der Waals surface area contributed by atoms with Crippen molar-refractivity contribution in [1.29, 1.82) is 5.41 Å². The van der Waals surface area contributed by atoms with E-state index < -0.39 is 22.1 Å². The minimum atomic E-state index is -1.40. The third kappa shape index (κ3) is 1.61. The van der Waals surface area contributed by atoms with Gasteiger partial charge in [-0.1, -0.05) is 6.07 Å². The monoisotopic (exact) mass is 183 g/mol. The zero-order chi connectivity index (χ0) is 10.0. The van der Waals surface area contributed by atoms with E-state index in [2.05, 4.69) is 0 Å². The molecule has 0 aromatic heterocycles. The molecule has 0 radical (unpaired) electrons. The molecule has 0 atom stereocenters. The Balaban J connectivity index is 3.43. The second-order valence-corrected chi connectivity index (χ2v) is 2.31. The van der Waals surface area contributed by atoms with Crippen LogP contribution < -0.4 is 5.73 Å². The van der Waals surface area contributed by atoms with Crippen LogP contribution in [0.5, 0.6) is 0 Å². The Labute approximate surface area is 72.6 Å². The lowest BCUT2D eigenvalue weighted by molar-refractivity contribution is -0.385. The molecular weight excluding hydrogens is 177 g/mol. The van der Waals surface area contributed by atoms with Crippen molar-refractivity contribution >= 4 is 17.3 Å². The molecule has 0 saturated heterocycles. The maximum atomic E-state index is 12.5. The third-order valence-electron chi connectivity index (χ3n) is 1.49. The molecule has 0 heterocycles. The summed E-state index contributed by atoms with van der Waals surface area (Å²) >= 11 is 0. The van der Waals surface area contributed by atoms with E-state index in [1.807, 2.05) is 0 Å². The summed E-state index contributed by atoms with van der Waals surface area (Å²) in [7, 11) is 0. The summed E-state index contributed by atoms with van der Waals surface area (Å²) in [5.41, 5.74) is 4.21. The van der Waals surface area contributed by atoms with Crippen molar-refractivity contribution in [2.75, 3.05) is 5.73 Å². The number of anilines is 1. The molecule has 0 fully saturated rings. The fourth-order valence-corrected chi connectivity index (χ4v) is 0.949. The second-order valence-electron chi connectivity index (χ2n) is 2.31. The zero-order valence-electron chi connectivity index (χ0n) is 6.45. The third-order valence-corrected chi connectivity index (χ3v) is 1.49. The van der Waals surface area contributed by atoms with E-state index in [0.717, 1.165) is 6.07 Å². The number of benzene rings is 1. The Kier molecular flexibility index (Phi) is 2.23. The van der Waals surface area contributed by atoms with E-state index in [4.69, 9.17) is 11.1 Å². The number of nitrogens with two attached hydrogens (primary N) is 1. The minimum Gasteiger partial charge on any atom is -0.398 e. The molecule has 3 N–H and O–H groups in total. The number of hydrogen-bond donors (Lipinski definition) is 2. The molecule has 6 heteroatoms. The highest BCUT2D eigenvalue weighted by Gasteiger charge is 2.19. The molecule has 13 heavy (non-hydrogen) atoms. The Morgan fingerprint density at radius 3 is 2.62 bits per heavy atom. The predicted molar refractivity (Wildman–Crippen MR) is 45.4 cm³/mol. The van der Waals surface area contributed by atoms with Gasteiger partial charge in [0.15, 0.2) is 0 Å². The molecule has 0 amide bonds. The zero-order valence-corrected chi connectivity index (χ0v) is 6.45. The summed E-state index contributed by atoms with van der Waals surface area (Å²) in [5, 5.41) is 17.0. The van der Waals surface area contributed by atoms with Gasteiger partial charge in [0, 0.05) is 6.07 Å². The summed E-state index contributed by atoms with van der Waals surface area (Å²) in [5.74, 6) is -1.40. The van der Waals surface area contributed by atoms with Gasteiger partial charge in [0.05, 0.1) is 10.6 Å². The van der Waals surface area contributed by atoms with Crippen LogP contribution in [0.2, 0.25) is 0 Å². The SMILES string of the molecule is N=C(F)c1c(N)cccc1[N+](=O)[O-]. The smallest absolute Gasteiger partial charge is 0.283 e. The molecule has 0 aliphatic carbocycles. The molecule has 0 aliphatic rings. The van der Waals surface area contributed by atoms with Gasteiger partial charge in [0.25, 0.3) is 5.69 Å². The number of nitrogens with one attached hydrogen (secondary N) is 1. The average Bonchev–Trinajstić information content (AvgIpc) is 2.02. The standard InChI is InChI=1S/C7H6FN3O2/c8-7(10)6-4(9)2-1-3-5(6)11(12)13/h1-3,10H,9H2. The van der Waals surface area contributed by atoms with Crippen molar-refractivity contribution in [3.8, 4) is 0 Å². The highest BCUT2D eigenvalue weighted by atomic mass is 19.1. The predicted octanol–water partition coefficient (Wildman–Crippen LogP) is 1.47. The van der Waals surface area contributed by atoms with Gasteiger partial charge in [-0.3, -0.25) is 15.5 Å². The molecule has 1 aromatic rings. The van der Waals surface area contributed by atoms with Gasteiger partial charge in [-0.2, -0.15) is 4.39 Å². The molecule has 0 saturated carbocycles. The lowest BCUT2D eigenvalue weighted by Crippen LogP contribution is -2.03. The van der Waals surface area contributed by atoms with E-state index >= 15 is 0 Å². The topological polar surface area (TPSA) is 93.0 Å². The first kappa shape index (κ1) is 9.11. The first-order chi connectivity index (χ1) is 6.04. The van der Waals surface area contributed by atoms with E-state index in [0.29, 0.717) is 0 Å². The van der Waals surface area contributed by atoms with Crippen molar-refractivity contribution < 1.29 is 9.31 Å². The van der Waals surface area contributed by atoms with E-state index in [1.165, 1.54) is 12.1 Å². The van der Waals surface area contributed by atoms with Gasteiger partial charge in [0.1, 0.15) is 5.56 Å². The van der Waals surface area contributed by atoms with Crippen molar-refractivity contribution in [1.82, 2.24) is 0 Å². The van der Waals surface area contributed by atoms with Crippen LogP contribution in [0, 0.1) is 15.5 Å². The van der Waals surface area contributed by atoms with Crippen molar-refractivity contribution in [2.45, 2.75) is 0 Å². The number of hydrogen-bond acceptors (Lipinski definition) is 4. The lowest BCUT2D eigenvalue weighted by Gasteiger charge is -2.01. The van der Waals surface area contributed by atoms with E-state index in [1.54, 1.807) is 0 Å². The summed E-state index contributed by atoms with van der Waals surface area (Å²) < 4.78 is 12.5. The molecule has 0 spiro atoms. The first-order valence-electron chi connectivity index (χ1n) is 3.31. The maximum absolute atomic E-state index is 12.5. The summed E-state index contributed by atoms with van der Waals surface area (Å²) in [6, 6.07) is 3.73. The lowest BCUT2D eigenvalue weighted by atomic mass is 10.1. The molecule has 1 rings (SSSR count). The minimum absolute atomic E-state index is 0.110. The molecule has 0 unspecified atom stereocenters. The van der Waals surface area contributed by atoms with Crippen LogP contribution in [0.1, 0.15) is 5.56 Å². The van der Waals surface area contributed by atoms with Crippen LogP contribution in [0.3, 0.4) is 0 Å². The Bertz CT molecular complexity index is 378. The van der Waals surface area contributed by atoms with Gasteiger partial charge < -0.3 is 5.73 Å². The number of rotatable bonds is 2. The Morgan fingerprint density at radius 1 is 1.62 bits per heavy atom. The normalized spacial score (nSPS) is 9.62. The molecular formula is C7H6FN3O2. The summed E-state index contributed by atoms with van der Waals surface area (Å²) in [6.07, 6.45) is 0. The Morgan fingerprint density at radius 2 is 2.23 bits per heavy atom. The van der Waals surface area contributed by atoms with Gasteiger partial charge in [-0.15, -0.1) is 0 Å². The van der Waals surface area contributed by atoms with Crippen LogP contribution >= 0.6 is 0 Å². The maximum Gasteiger partial charge on any atom is 0.283 e.